The molecule has 176 valence electrons. The minimum absolute atomic E-state index is 0.00220. The third-order valence-corrected chi connectivity index (χ3v) is 9.28. The van der Waals surface area contributed by atoms with Gasteiger partial charge in [-0.25, -0.2) is 8.42 Å². The van der Waals surface area contributed by atoms with Crippen molar-refractivity contribution < 1.29 is 13.2 Å². The highest BCUT2D eigenvalue weighted by atomic mass is 32.2. The number of hydrogen-bond acceptors (Lipinski definition) is 3. The Kier molecular flexibility index (Phi) is 5.55. The Morgan fingerprint density at radius 3 is 2.03 bits per heavy atom. The van der Waals surface area contributed by atoms with Gasteiger partial charge in [0.1, 0.15) is 0 Å². The zero-order valence-corrected chi connectivity index (χ0v) is 20.6. The molecule has 4 aliphatic carbocycles. The lowest BCUT2D eigenvalue weighted by molar-refractivity contribution is -0.0167. The Hall–Kier alpha value is -2.34. The predicted octanol–water partition coefficient (Wildman–Crippen LogP) is 4.97. The van der Waals surface area contributed by atoms with Crippen molar-refractivity contribution in [1.29, 1.82) is 0 Å². The van der Waals surface area contributed by atoms with E-state index in [1.807, 2.05) is 56.3 Å². The van der Waals surface area contributed by atoms with Crippen LogP contribution in [0, 0.1) is 31.6 Å². The first-order valence-electron chi connectivity index (χ1n) is 12.1. The second kappa shape index (κ2) is 8.15. The fourth-order valence-corrected chi connectivity index (χ4v) is 7.66. The number of aryl methyl sites for hydroxylation is 2. The van der Waals surface area contributed by atoms with Gasteiger partial charge in [0.05, 0.1) is 18.5 Å². The van der Waals surface area contributed by atoms with Crippen molar-refractivity contribution in [2.24, 2.45) is 17.8 Å². The van der Waals surface area contributed by atoms with Crippen molar-refractivity contribution in [1.82, 2.24) is 5.32 Å². The standard InChI is InChI=1S/C27H34N2O3S/c1-18-4-9-25(10-19(18)2)29(33(3,31)32)17-20-5-7-24(8-6-20)26(30)28-27-14-21-11-22(15-27)13-23(12-21)16-27/h4-10,21-23H,11-17H2,1-3H3,(H,28,30). The van der Waals surface area contributed by atoms with Crippen molar-refractivity contribution in [3.63, 3.8) is 0 Å². The molecular formula is C27H34N2O3S. The molecule has 0 spiro atoms. The molecule has 1 amide bonds. The van der Waals surface area contributed by atoms with Crippen molar-refractivity contribution >= 4 is 21.6 Å². The van der Waals surface area contributed by atoms with Crippen molar-refractivity contribution in [2.75, 3.05) is 10.6 Å². The molecule has 5 nitrogen and oxygen atoms in total. The highest BCUT2D eigenvalue weighted by molar-refractivity contribution is 7.92. The summed E-state index contributed by atoms with van der Waals surface area (Å²) in [6.07, 6.45) is 8.66. The summed E-state index contributed by atoms with van der Waals surface area (Å²) in [5, 5.41) is 3.42. The molecule has 2 aromatic carbocycles. The molecule has 4 aliphatic rings. The van der Waals surface area contributed by atoms with E-state index >= 15 is 0 Å². The van der Waals surface area contributed by atoms with Crippen molar-refractivity contribution in [2.45, 2.75) is 64.5 Å². The number of rotatable bonds is 6. The summed E-state index contributed by atoms with van der Waals surface area (Å²) < 4.78 is 26.5. The highest BCUT2D eigenvalue weighted by Gasteiger charge is 2.51. The number of sulfonamides is 1. The molecule has 0 radical (unpaired) electrons. The van der Waals surface area contributed by atoms with E-state index in [4.69, 9.17) is 0 Å². The number of hydrogen-bond donors (Lipinski definition) is 1. The lowest BCUT2D eigenvalue weighted by Gasteiger charge is -2.56. The molecular weight excluding hydrogens is 432 g/mol. The summed E-state index contributed by atoms with van der Waals surface area (Å²) in [5.41, 5.74) is 4.32. The van der Waals surface area contributed by atoms with Crippen LogP contribution in [0.3, 0.4) is 0 Å². The van der Waals surface area contributed by atoms with Crippen LogP contribution in [0.1, 0.15) is 65.6 Å². The van der Waals surface area contributed by atoms with Gasteiger partial charge in [-0.15, -0.1) is 0 Å². The second-order valence-electron chi connectivity index (χ2n) is 10.9. The number of anilines is 1. The van der Waals surface area contributed by atoms with Gasteiger partial charge in [0.15, 0.2) is 0 Å². The van der Waals surface area contributed by atoms with Crippen LogP contribution in [0.5, 0.6) is 0 Å². The Balaban J connectivity index is 1.30. The fraction of sp³-hybridized carbons (Fsp3) is 0.519. The van der Waals surface area contributed by atoms with Crippen LogP contribution in [0.25, 0.3) is 0 Å². The summed E-state index contributed by atoms with van der Waals surface area (Å²) in [5.74, 6) is 2.35. The largest absolute Gasteiger partial charge is 0.347 e. The maximum Gasteiger partial charge on any atom is 0.251 e. The van der Waals surface area contributed by atoms with Gasteiger partial charge in [0.2, 0.25) is 10.0 Å². The zero-order chi connectivity index (χ0) is 23.4. The van der Waals surface area contributed by atoms with E-state index in [1.165, 1.54) is 29.8 Å². The average Bonchev–Trinajstić information content (AvgIpc) is 2.72. The Morgan fingerprint density at radius 2 is 1.52 bits per heavy atom. The maximum atomic E-state index is 13.1. The van der Waals surface area contributed by atoms with E-state index in [0.717, 1.165) is 53.7 Å². The van der Waals surface area contributed by atoms with Gasteiger partial charge in [0, 0.05) is 11.1 Å². The van der Waals surface area contributed by atoms with E-state index in [-0.39, 0.29) is 18.0 Å². The summed E-state index contributed by atoms with van der Waals surface area (Å²) >= 11 is 0. The first kappa shape index (κ1) is 22.5. The van der Waals surface area contributed by atoms with Crippen LogP contribution >= 0.6 is 0 Å². The number of nitrogens with zero attached hydrogens (tertiary/aromatic N) is 1. The fourth-order valence-electron chi connectivity index (χ4n) is 6.78. The van der Waals surface area contributed by atoms with Crippen LogP contribution in [0.4, 0.5) is 5.69 Å². The Labute approximate surface area is 197 Å². The molecule has 0 saturated heterocycles. The van der Waals surface area contributed by atoms with Gasteiger partial charge in [-0.1, -0.05) is 18.2 Å². The molecule has 4 bridgehead atoms. The maximum absolute atomic E-state index is 13.1. The van der Waals surface area contributed by atoms with Crippen LogP contribution in [-0.2, 0) is 16.6 Å². The number of amides is 1. The molecule has 6 rings (SSSR count). The molecule has 0 heterocycles. The van der Waals surface area contributed by atoms with Crippen molar-refractivity contribution in [3.05, 3.63) is 64.7 Å². The molecule has 6 heteroatoms. The molecule has 4 saturated carbocycles. The lowest BCUT2D eigenvalue weighted by Crippen LogP contribution is -2.59. The molecule has 0 aliphatic heterocycles. The summed E-state index contributed by atoms with van der Waals surface area (Å²) in [7, 11) is -3.45. The van der Waals surface area contributed by atoms with Gasteiger partial charge in [-0.05, 0) is 111 Å². The first-order valence-corrected chi connectivity index (χ1v) is 13.9. The summed E-state index contributed by atoms with van der Waals surface area (Å²) in [4.78, 5) is 13.1. The zero-order valence-electron chi connectivity index (χ0n) is 19.8. The monoisotopic (exact) mass is 466 g/mol. The third kappa shape index (κ3) is 4.54. The lowest BCUT2D eigenvalue weighted by atomic mass is 9.53. The van der Waals surface area contributed by atoms with E-state index in [0.29, 0.717) is 11.3 Å². The van der Waals surface area contributed by atoms with E-state index in [2.05, 4.69) is 5.32 Å². The summed E-state index contributed by atoms with van der Waals surface area (Å²) in [6.45, 7) is 4.23. The number of nitrogens with one attached hydrogen (secondary N) is 1. The third-order valence-electron chi connectivity index (χ3n) is 8.14. The molecule has 33 heavy (non-hydrogen) atoms. The molecule has 0 atom stereocenters. The van der Waals surface area contributed by atoms with E-state index in [9.17, 15) is 13.2 Å². The van der Waals surface area contributed by atoms with Crippen LogP contribution in [0.15, 0.2) is 42.5 Å². The quantitative estimate of drug-likeness (QED) is 0.654. The van der Waals surface area contributed by atoms with Crippen molar-refractivity contribution in [3.8, 4) is 0 Å². The van der Waals surface area contributed by atoms with Gasteiger partial charge in [0.25, 0.3) is 5.91 Å². The van der Waals surface area contributed by atoms with Gasteiger partial charge >= 0.3 is 0 Å². The smallest absolute Gasteiger partial charge is 0.251 e. The Bertz CT molecular complexity index is 1140. The minimum Gasteiger partial charge on any atom is -0.347 e. The molecule has 1 N–H and O–H groups in total. The van der Waals surface area contributed by atoms with Gasteiger partial charge in [-0.2, -0.15) is 0 Å². The molecule has 4 fully saturated rings. The van der Waals surface area contributed by atoms with Gasteiger partial charge < -0.3 is 5.32 Å². The number of benzene rings is 2. The topological polar surface area (TPSA) is 66.5 Å². The average molecular weight is 467 g/mol. The molecule has 2 aromatic rings. The van der Waals surface area contributed by atoms with E-state index in [1.54, 1.807) is 0 Å². The highest BCUT2D eigenvalue weighted by Crippen LogP contribution is 2.55. The molecule has 0 unspecified atom stereocenters. The van der Waals surface area contributed by atoms with E-state index < -0.39 is 10.0 Å². The van der Waals surface area contributed by atoms with Crippen LogP contribution < -0.4 is 9.62 Å². The van der Waals surface area contributed by atoms with Crippen LogP contribution in [0.2, 0.25) is 0 Å². The SMILES string of the molecule is Cc1ccc(N(Cc2ccc(C(=O)NC34CC5CC(CC(C5)C3)C4)cc2)S(C)(=O)=O)cc1C. The minimum atomic E-state index is -3.45. The Morgan fingerprint density at radius 1 is 0.939 bits per heavy atom. The second-order valence-corrected chi connectivity index (χ2v) is 12.8. The number of carbonyl (C=O) groups is 1. The summed E-state index contributed by atoms with van der Waals surface area (Å²) in [6, 6.07) is 13.1. The molecule has 0 aromatic heterocycles. The van der Waals surface area contributed by atoms with Gasteiger partial charge in [-0.3, -0.25) is 9.10 Å². The first-order chi connectivity index (χ1) is 15.6. The van der Waals surface area contributed by atoms with Crippen LogP contribution in [-0.4, -0.2) is 26.1 Å². The predicted molar refractivity (Wildman–Crippen MR) is 132 cm³/mol. The number of carbonyl (C=O) groups excluding carboxylic acids is 1. The normalized spacial score (nSPS) is 28.0.